The molecule has 1 atom stereocenters. The lowest BCUT2D eigenvalue weighted by Crippen LogP contribution is -2.49. The van der Waals surface area contributed by atoms with E-state index in [-0.39, 0.29) is 24.0 Å². The van der Waals surface area contributed by atoms with Gasteiger partial charge in [-0.2, -0.15) is 0 Å². The highest BCUT2D eigenvalue weighted by Crippen LogP contribution is 2.32. The number of amides is 2. The molecular formula is C24H31FN4O2. The minimum atomic E-state index is -0.373. The van der Waals surface area contributed by atoms with Crippen LogP contribution in [0.1, 0.15) is 43.5 Å². The Morgan fingerprint density at radius 2 is 2.10 bits per heavy atom. The van der Waals surface area contributed by atoms with Gasteiger partial charge >= 0.3 is 6.03 Å². The van der Waals surface area contributed by atoms with Crippen LogP contribution in [0.25, 0.3) is 0 Å². The average Bonchev–Trinajstić information content (AvgIpc) is 3.21. The predicted molar refractivity (Wildman–Crippen MR) is 117 cm³/mol. The van der Waals surface area contributed by atoms with E-state index >= 15 is 0 Å². The summed E-state index contributed by atoms with van der Waals surface area (Å²) in [4.78, 5) is 19.1. The fourth-order valence-electron chi connectivity index (χ4n) is 4.25. The highest BCUT2D eigenvalue weighted by Gasteiger charge is 2.27. The fourth-order valence-corrected chi connectivity index (χ4v) is 4.25. The summed E-state index contributed by atoms with van der Waals surface area (Å²) in [5.41, 5.74) is 2.95. The number of benzene rings is 1. The molecule has 6 nitrogen and oxygen atoms in total. The zero-order valence-corrected chi connectivity index (χ0v) is 18.2. The number of ether oxygens (including phenoxy) is 1. The molecule has 31 heavy (non-hydrogen) atoms. The highest BCUT2D eigenvalue weighted by molar-refractivity contribution is 5.74. The Balaban J connectivity index is 1.41. The smallest absolute Gasteiger partial charge is 0.318 e. The van der Waals surface area contributed by atoms with Gasteiger partial charge in [-0.1, -0.05) is 26.0 Å². The minimum Gasteiger partial charge on any atom is -0.490 e. The topological polar surface area (TPSA) is 66.5 Å². The molecule has 1 aromatic heterocycles. The van der Waals surface area contributed by atoms with Gasteiger partial charge in [-0.05, 0) is 61.2 Å². The second kappa shape index (κ2) is 9.64. The van der Waals surface area contributed by atoms with Gasteiger partial charge in [0, 0.05) is 19.0 Å². The minimum absolute atomic E-state index is 0.116. The van der Waals surface area contributed by atoms with Crippen LogP contribution in [0.15, 0.2) is 36.5 Å². The average molecular weight is 427 g/mol. The molecule has 2 N–H and O–H groups in total. The number of carbonyl (C=O) groups is 1. The highest BCUT2D eigenvalue weighted by atomic mass is 19.1. The summed E-state index contributed by atoms with van der Waals surface area (Å²) >= 11 is 0. The number of pyridine rings is 1. The first-order chi connectivity index (χ1) is 15.0. The van der Waals surface area contributed by atoms with Crippen molar-refractivity contribution in [3.63, 3.8) is 0 Å². The van der Waals surface area contributed by atoms with Crippen LogP contribution < -0.4 is 15.4 Å². The molecule has 166 valence electrons. The summed E-state index contributed by atoms with van der Waals surface area (Å²) in [5, 5.41) is 6.41. The maximum atomic E-state index is 13.2. The van der Waals surface area contributed by atoms with Crippen LogP contribution in [-0.2, 0) is 19.5 Å². The van der Waals surface area contributed by atoms with E-state index in [0.717, 1.165) is 43.7 Å². The summed E-state index contributed by atoms with van der Waals surface area (Å²) in [6.07, 6.45) is 4.11. The number of piperidine rings is 1. The Labute approximate surface area is 183 Å². The molecule has 4 rings (SSSR count). The Kier molecular flexibility index (Phi) is 6.70. The van der Waals surface area contributed by atoms with E-state index in [2.05, 4.69) is 35.5 Å². The second-order valence-electron chi connectivity index (χ2n) is 8.78. The van der Waals surface area contributed by atoms with Crippen LogP contribution in [0.5, 0.6) is 5.75 Å². The van der Waals surface area contributed by atoms with Gasteiger partial charge in [0.15, 0.2) is 0 Å². The van der Waals surface area contributed by atoms with Crippen LogP contribution in [0.2, 0.25) is 0 Å². The lowest BCUT2D eigenvalue weighted by molar-refractivity contribution is 0.153. The summed E-state index contributed by atoms with van der Waals surface area (Å²) in [7, 11) is 0. The summed E-state index contributed by atoms with van der Waals surface area (Å²) in [6.45, 7) is 6.92. The third-order valence-corrected chi connectivity index (χ3v) is 6.14. The van der Waals surface area contributed by atoms with E-state index in [0.29, 0.717) is 24.7 Å². The number of carbonyl (C=O) groups excluding carboxylic acids is 1. The van der Waals surface area contributed by atoms with Crippen molar-refractivity contribution < 1.29 is 13.9 Å². The van der Waals surface area contributed by atoms with Gasteiger partial charge < -0.3 is 20.3 Å². The van der Waals surface area contributed by atoms with Crippen LogP contribution in [0.4, 0.5) is 9.18 Å². The molecule has 0 spiro atoms. The van der Waals surface area contributed by atoms with E-state index in [1.807, 2.05) is 17.0 Å². The van der Waals surface area contributed by atoms with Crippen molar-refractivity contribution in [1.82, 2.24) is 20.5 Å². The molecule has 3 heterocycles. The largest absolute Gasteiger partial charge is 0.490 e. The molecular weight excluding hydrogens is 395 g/mol. The summed E-state index contributed by atoms with van der Waals surface area (Å²) in [5.74, 6) is 1.04. The maximum absolute atomic E-state index is 13.2. The van der Waals surface area contributed by atoms with Crippen molar-refractivity contribution in [2.75, 3.05) is 13.1 Å². The number of hydrogen-bond acceptors (Lipinski definition) is 4. The first kappa shape index (κ1) is 21.6. The Bertz CT molecular complexity index is 897. The first-order valence-corrected chi connectivity index (χ1v) is 11.1. The lowest BCUT2D eigenvalue weighted by Gasteiger charge is -2.34. The van der Waals surface area contributed by atoms with Gasteiger partial charge in [0.05, 0.1) is 18.4 Å². The number of rotatable bonds is 6. The van der Waals surface area contributed by atoms with Crippen molar-refractivity contribution >= 4 is 6.03 Å². The lowest BCUT2D eigenvalue weighted by atomic mass is 10.0. The maximum Gasteiger partial charge on any atom is 0.318 e. The number of nitrogens with one attached hydrogen (secondary N) is 2. The Morgan fingerprint density at radius 3 is 2.81 bits per heavy atom. The molecule has 7 heteroatoms. The number of nitrogens with zero attached hydrogens (tertiary/aromatic N) is 2. The fraction of sp³-hybridized carbons (Fsp3) is 0.500. The molecule has 2 aromatic rings. The third-order valence-electron chi connectivity index (χ3n) is 6.14. The number of urea groups is 1. The van der Waals surface area contributed by atoms with Gasteiger partial charge in [-0.25, -0.2) is 9.18 Å². The Morgan fingerprint density at radius 1 is 1.29 bits per heavy atom. The number of halogens is 1. The first-order valence-electron chi connectivity index (χ1n) is 11.1. The quantitative estimate of drug-likeness (QED) is 0.740. The van der Waals surface area contributed by atoms with Gasteiger partial charge in [0.2, 0.25) is 0 Å². The molecule has 2 amide bonds. The van der Waals surface area contributed by atoms with Gasteiger partial charge in [-0.3, -0.25) is 4.98 Å². The predicted octanol–water partition coefficient (Wildman–Crippen LogP) is 3.64. The van der Waals surface area contributed by atoms with Crippen LogP contribution >= 0.6 is 0 Å². The van der Waals surface area contributed by atoms with Gasteiger partial charge in [0.25, 0.3) is 0 Å². The third kappa shape index (κ3) is 5.34. The zero-order valence-electron chi connectivity index (χ0n) is 18.2. The summed E-state index contributed by atoms with van der Waals surface area (Å²) < 4.78 is 19.2. The van der Waals surface area contributed by atoms with E-state index in [9.17, 15) is 9.18 Å². The van der Waals surface area contributed by atoms with Gasteiger partial charge in [-0.15, -0.1) is 0 Å². The van der Waals surface area contributed by atoms with Crippen molar-refractivity contribution in [2.45, 2.75) is 58.3 Å². The van der Waals surface area contributed by atoms with Crippen LogP contribution in [0, 0.1) is 11.7 Å². The zero-order chi connectivity index (χ0) is 21.8. The normalized spacial score (nSPS) is 18.5. The molecule has 0 bridgehead atoms. The summed E-state index contributed by atoms with van der Waals surface area (Å²) in [6, 6.07) is 9.20. The van der Waals surface area contributed by atoms with Crippen LogP contribution in [-0.4, -0.2) is 41.2 Å². The number of aromatic nitrogens is 1. The number of fused-ring (bicyclic) bond motifs is 1. The van der Waals surface area contributed by atoms with E-state index < -0.39 is 0 Å². The van der Waals surface area contributed by atoms with Crippen molar-refractivity contribution in [3.8, 4) is 5.75 Å². The van der Waals surface area contributed by atoms with E-state index in [1.54, 1.807) is 6.07 Å². The van der Waals surface area contributed by atoms with E-state index in [4.69, 9.17) is 4.74 Å². The monoisotopic (exact) mass is 426 g/mol. The molecule has 0 aliphatic carbocycles. The molecule has 0 radical (unpaired) electrons. The van der Waals surface area contributed by atoms with Crippen molar-refractivity contribution in [1.29, 1.82) is 0 Å². The molecule has 1 fully saturated rings. The van der Waals surface area contributed by atoms with E-state index in [1.165, 1.54) is 17.8 Å². The van der Waals surface area contributed by atoms with Gasteiger partial charge in [0.1, 0.15) is 17.7 Å². The Hall–Kier alpha value is -2.67. The number of hydrogen-bond donors (Lipinski definition) is 2. The molecule has 2 aliphatic heterocycles. The van der Waals surface area contributed by atoms with Crippen molar-refractivity contribution in [3.05, 3.63) is 59.2 Å². The molecule has 2 aliphatic rings. The van der Waals surface area contributed by atoms with Crippen molar-refractivity contribution in [2.24, 2.45) is 5.92 Å². The molecule has 1 aromatic carbocycles. The molecule has 1 unspecified atom stereocenters. The molecule has 1 saturated heterocycles. The second-order valence-corrected chi connectivity index (χ2v) is 8.78. The SMILES string of the molecule is CC(C)C1Cc2cc(CNC(=O)N(Cc3ccc(F)cn3)C3CCNCC3)ccc2O1. The molecule has 0 saturated carbocycles. The van der Waals surface area contributed by atoms with Crippen LogP contribution in [0.3, 0.4) is 0 Å². The standard InChI is InChI=1S/C24H31FN4O2/c1-16(2)23-12-18-11-17(3-6-22(18)31-23)13-28-24(30)29(21-7-9-26-10-8-21)15-20-5-4-19(25)14-27-20/h3-6,11,14,16,21,23,26H,7-10,12-13,15H2,1-2H3,(H,28,30).